The van der Waals surface area contributed by atoms with Crippen molar-refractivity contribution in [3.05, 3.63) is 53.9 Å². The van der Waals surface area contributed by atoms with E-state index in [1.54, 1.807) is 12.1 Å². The number of rotatable bonds is 4. The van der Waals surface area contributed by atoms with Gasteiger partial charge in [0.2, 0.25) is 0 Å². The quantitative estimate of drug-likeness (QED) is 0.727. The average molecular weight is 379 g/mol. The fraction of sp³-hybridized carbons (Fsp3) is 0.235. The maximum absolute atomic E-state index is 13.8. The lowest BCUT2D eigenvalue weighted by atomic mass is 10.2. The first-order chi connectivity index (χ1) is 12.4. The molecular weight excluding hydrogens is 364 g/mol. The second-order valence-electron chi connectivity index (χ2n) is 6.04. The maximum Gasteiger partial charge on any atom is 0.264 e. The van der Waals surface area contributed by atoms with Gasteiger partial charge in [-0.05, 0) is 49.2 Å². The molecule has 1 unspecified atom stereocenters. The van der Waals surface area contributed by atoms with Gasteiger partial charge in [-0.15, -0.1) is 0 Å². The largest absolute Gasteiger partial charge is 0.370 e. The van der Waals surface area contributed by atoms with Crippen molar-refractivity contribution in [1.82, 2.24) is 9.97 Å². The number of sulfonamides is 1. The van der Waals surface area contributed by atoms with Crippen molar-refractivity contribution in [1.29, 1.82) is 0 Å². The number of hydrogen-bond acceptors (Lipinski definition) is 4. The van der Waals surface area contributed by atoms with Crippen molar-refractivity contribution in [2.45, 2.75) is 23.8 Å². The van der Waals surface area contributed by atoms with Gasteiger partial charge in [-0.1, -0.05) is 0 Å². The van der Waals surface area contributed by atoms with Crippen LogP contribution in [0.15, 0.2) is 41.3 Å². The Hall–Kier alpha value is -2.52. The summed E-state index contributed by atoms with van der Waals surface area (Å²) in [6, 6.07) is 6.98. The number of nitrogens with one attached hydrogen (secondary N) is 2. The summed E-state index contributed by atoms with van der Waals surface area (Å²) in [5.74, 6) is -1.17. The van der Waals surface area contributed by atoms with Gasteiger partial charge < -0.3 is 9.72 Å². The number of anilines is 1. The average Bonchev–Trinajstić information content (AvgIpc) is 3.25. The van der Waals surface area contributed by atoms with Crippen LogP contribution < -0.4 is 4.72 Å². The summed E-state index contributed by atoms with van der Waals surface area (Å²) in [6.45, 7) is 0.686. The first-order valence-electron chi connectivity index (χ1n) is 8.01. The summed E-state index contributed by atoms with van der Waals surface area (Å²) >= 11 is 0. The van der Waals surface area contributed by atoms with Gasteiger partial charge in [0.1, 0.15) is 28.5 Å². The molecule has 136 valence electrons. The molecule has 0 saturated carbocycles. The molecule has 0 spiro atoms. The van der Waals surface area contributed by atoms with Crippen molar-refractivity contribution < 1.29 is 21.9 Å². The van der Waals surface area contributed by atoms with Gasteiger partial charge in [-0.25, -0.2) is 22.2 Å². The lowest BCUT2D eigenvalue weighted by Crippen LogP contribution is -2.14. The number of aromatic nitrogens is 2. The molecular formula is C17H15F2N3O3S. The first kappa shape index (κ1) is 16.9. The zero-order valence-electron chi connectivity index (χ0n) is 13.5. The van der Waals surface area contributed by atoms with Gasteiger partial charge in [-0.3, -0.25) is 4.72 Å². The zero-order valence-corrected chi connectivity index (χ0v) is 14.3. The number of H-pyrrole nitrogens is 1. The van der Waals surface area contributed by atoms with E-state index in [9.17, 15) is 17.2 Å². The Balaban J connectivity index is 1.65. The Morgan fingerprint density at radius 3 is 2.81 bits per heavy atom. The van der Waals surface area contributed by atoms with Crippen LogP contribution in [-0.2, 0) is 14.8 Å². The predicted molar refractivity (Wildman–Crippen MR) is 91.2 cm³/mol. The first-order valence-corrected chi connectivity index (χ1v) is 9.50. The van der Waals surface area contributed by atoms with E-state index in [0.29, 0.717) is 29.5 Å². The van der Waals surface area contributed by atoms with E-state index in [1.165, 1.54) is 6.07 Å². The highest BCUT2D eigenvalue weighted by molar-refractivity contribution is 7.92. The lowest BCUT2D eigenvalue weighted by Gasteiger charge is -2.09. The molecule has 1 saturated heterocycles. The number of aromatic amines is 1. The minimum absolute atomic E-state index is 0.0936. The van der Waals surface area contributed by atoms with Gasteiger partial charge in [0.05, 0.1) is 16.7 Å². The minimum Gasteiger partial charge on any atom is -0.370 e. The fourth-order valence-corrected chi connectivity index (χ4v) is 4.07. The number of hydrogen-bond donors (Lipinski definition) is 2. The SMILES string of the molecule is O=S(=O)(Nc1ccc2nc(C3CCCO3)[nH]c2c1)c1cc(F)ccc1F. The van der Waals surface area contributed by atoms with E-state index in [2.05, 4.69) is 14.7 Å². The summed E-state index contributed by atoms with van der Waals surface area (Å²) in [6.07, 6.45) is 1.74. The summed E-state index contributed by atoms with van der Waals surface area (Å²) < 4.78 is 59.6. The number of ether oxygens (including phenoxy) is 1. The van der Waals surface area contributed by atoms with Crippen LogP contribution in [0.3, 0.4) is 0 Å². The molecule has 4 rings (SSSR count). The van der Waals surface area contributed by atoms with Crippen LogP contribution in [-0.4, -0.2) is 25.0 Å². The second kappa shape index (κ2) is 6.33. The van der Waals surface area contributed by atoms with Crippen LogP contribution in [0.5, 0.6) is 0 Å². The molecule has 3 aromatic rings. The van der Waals surface area contributed by atoms with Crippen LogP contribution in [0.25, 0.3) is 11.0 Å². The van der Waals surface area contributed by atoms with Gasteiger partial charge in [-0.2, -0.15) is 0 Å². The molecule has 2 aromatic carbocycles. The molecule has 26 heavy (non-hydrogen) atoms. The molecule has 2 N–H and O–H groups in total. The number of benzene rings is 2. The number of halogens is 2. The summed E-state index contributed by atoms with van der Waals surface area (Å²) in [5.41, 5.74) is 1.49. The topological polar surface area (TPSA) is 84.1 Å². The van der Waals surface area contributed by atoms with E-state index < -0.39 is 26.6 Å². The monoisotopic (exact) mass is 379 g/mol. The number of imidazole rings is 1. The van der Waals surface area contributed by atoms with Crippen molar-refractivity contribution in [3.8, 4) is 0 Å². The zero-order chi connectivity index (χ0) is 18.3. The van der Waals surface area contributed by atoms with E-state index in [-0.39, 0.29) is 11.8 Å². The highest BCUT2D eigenvalue weighted by Gasteiger charge is 2.22. The predicted octanol–water partition coefficient (Wildman–Crippen LogP) is 3.49. The van der Waals surface area contributed by atoms with Crippen molar-refractivity contribution in [2.75, 3.05) is 11.3 Å². The fourth-order valence-electron chi connectivity index (χ4n) is 2.93. The van der Waals surface area contributed by atoms with Crippen LogP contribution in [0.2, 0.25) is 0 Å². The molecule has 1 aromatic heterocycles. The summed E-state index contributed by atoms with van der Waals surface area (Å²) in [4.78, 5) is 6.82. The molecule has 0 bridgehead atoms. The Morgan fingerprint density at radius 1 is 1.19 bits per heavy atom. The molecule has 9 heteroatoms. The van der Waals surface area contributed by atoms with Gasteiger partial charge in [0.25, 0.3) is 10.0 Å². The standard InChI is InChI=1S/C17H15F2N3O3S/c18-10-3-5-12(19)16(8-10)26(23,24)22-11-4-6-13-14(9-11)21-17(20-13)15-2-1-7-25-15/h3-6,8-9,15,22H,1-2,7H2,(H,20,21). The Labute approximate surface area is 148 Å². The van der Waals surface area contributed by atoms with Gasteiger partial charge >= 0.3 is 0 Å². The second-order valence-corrected chi connectivity index (χ2v) is 7.69. The van der Waals surface area contributed by atoms with Gasteiger partial charge in [0.15, 0.2) is 0 Å². The molecule has 1 fully saturated rings. The normalized spacial score (nSPS) is 17.7. The van der Waals surface area contributed by atoms with Crippen LogP contribution >= 0.6 is 0 Å². The van der Waals surface area contributed by atoms with E-state index >= 15 is 0 Å². The van der Waals surface area contributed by atoms with Crippen LogP contribution in [0.1, 0.15) is 24.8 Å². The molecule has 1 aliphatic heterocycles. The third-order valence-corrected chi connectivity index (χ3v) is 5.57. The van der Waals surface area contributed by atoms with Crippen molar-refractivity contribution >= 4 is 26.7 Å². The molecule has 1 atom stereocenters. The van der Waals surface area contributed by atoms with Crippen molar-refractivity contribution in [3.63, 3.8) is 0 Å². The number of nitrogens with zero attached hydrogens (tertiary/aromatic N) is 1. The molecule has 2 heterocycles. The molecule has 0 amide bonds. The minimum atomic E-state index is -4.27. The highest BCUT2D eigenvalue weighted by Crippen LogP contribution is 2.29. The Morgan fingerprint density at radius 2 is 2.04 bits per heavy atom. The van der Waals surface area contributed by atoms with Crippen LogP contribution in [0.4, 0.5) is 14.5 Å². The maximum atomic E-state index is 13.8. The molecule has 6 nitrogen and oxygen atoms in total. The molecule has 1 aliphatic rings. The third kappa shape index (κ3) is 3.15. The summed E-state index contributed by atoms with van der Waals surface area (Å²) in [5, 5.41) is 0. The Bertz CT molecular complexity index is 1080. The van der Waals surface area contributed by atoms with E-state index in [0.717, 1.165) is 25.0 Å². The van der Waals surface area contributed by atoms with Crippen molar-refractivity contribution in [2.24, 2.45) is 0 Å². The number of fused-ring (bicyclic) bond motifs is 1. The van der Waals surface area contributed by atoms with Crippen LogP contribution in [0, 0.1) is 11.6 Å². The highest BCUT2D eigenvalue weighted by atomic mass is 32.2. The molecule has 0 aliphatic carbocycles. The summed E-state index contributed by atoms with van der Waals surface area (Å²) in [7, 11) is -4.27. The Kier molecular flexibility index (Phi) is 4.12. The van der Waals surface area contributed by atoms with E-state index in [4.69, 9.17) is 4.74 Å². The third-order valence-electron chi connectivity index (χ3n) is 4.17. The van der Waals surface area contributed by atoms with E-state index in [1.807, 2.05) is 0 Å². The lowest BCUT2D eigenvalue weighted by molar-refractivity contribution is 0.106. The van der Waals surface area contributed by atoms with Gasteiger partial charge in [0, 0.05) is 6.61 Å². The molecule has 0 radical (unpaired) electrons. The smallest absolute Gasteiger partial charge is 0.264 e.